The number of H-pyrrole nitrogens is 1. The number of hydrogen-bond acceptors (Lipinski definition) is 6. The number of hydrogen-bond donors (Lipinski definition) is 2. The molecule has 2 N–H and O–H groups in total. The van der Waals surface area contributed by atoms with E-state index in [2.05, 4.69) is 57.2 Å². The van der Waals surface area contributed by atoms with Gasteiger partial charge < -0.3 is 14.9 Å². The van der Waals surface area contributed by atoms with Crippen LogP contribution < -0.4 is 20.3 Å². The zero-order chi connectivity index (χ0) is 20.7. The molecule has 152 valence electrons. The summed E-state index contributed by atoms with van der Waals surface area (Å²) >= 11 is 0.992. The van der Waals surface area contributed by atoms with E-state index in [0.717, 1.165) is 64.8 Å². The maximum atomic E-state index is 11.4. The van der Waals surface area contributed by atoms with E-state index < -0.39 is 0 Å². The van der Waals surface area contributed by atoms with Gasteiger partial charge in [-0.15, -0.1) is 0 Å². The first-order chi connectivity index (χ1) is 14.6. The van der Waals surface area contributed by atoms with E-state index in [0.29, 0.717) is 4.88 Å². The van der Waals surface area contributed by atoms with Crippen LogP contribution in [0.3, 0.4) is 0 Å². The molecule has 30 heavy (non-hydrogen) atoms. The molecular formula is C23H22N4O2S. The minimum absolute atomic E-state index is 0.0922. The Morgan fingerprint density at radius 1 is 1.10 bits per heavy atom. The number of likely N-dealkylation sites (N-methyl/N-ethyl adjacent to an activating group) is 1. The predicted octanol–water partition coefficient (Wildman–Crippen LogP) is 1.75. The maximum Gasteiger partial charge on any atom is 0.307 e. The Kier molecular flexibility index (Phi) is 4.77. The van der Waals surface area contributed by atoms with Gasteiger partial charge in [-0.25, -0.2) is 0 Å². The number of nitrogens with zero attached hydrogens (tertiary/aromatic N) is 3. The summed E-state index contributed by atoms with van der Waals surface area (Å²) in [6.45, 7) is 4.27. The Hall–Kier alpha value is -3.16. The first-order valence-corrected chi connectivity index (χ1v) is 10.7. The molecule has 3 aromatic rings. The van der Waals surface area contributed by atoms with Gasteiger partial charge in [0.05, 0.1) is 10.2 Å². The number of benzene rings is 2. The largest absolute Gasteiger partial charge is 0.493 e. The summed E-state index contributed by atoms with van der Waals surface area (Å²) in [5.41, 5.74) is 4.51. The van der Waals surface area contributed by atoms with E-state index in [4.69, 9.17) is 0 Å². The zero-order valence-electron chi connectivity index (χ0n) is 16.6. The first-order valence-electron chi connectivity index (χ1n) is 9.93. The van der Waals surface area contributed by atoms with E-state index >= 15 is 0 Å². The summed E-state index contributed by atoms with van der Waals surface area (Å²) in [5, 5.41) is 11.7. The number of nitrogens with one attached hydrogen (secondary N) is 1. The maximum absolute atomic E-state index is 11.4. The van der Waals surface area contributed by atoms with Gasteiger partial charge in [-0.3, -0.25) is 14.8 Å². The molecule has 2 aromatic carbocycles. The lowest BCUT2D eigenvalue weighted by Crippen LogP contribution is -2.44. The minimum Gasteiger partial charge on any atom is -0.493 e. The van der Waals surface area contributed by atoms with E-state index in [1.54, 1.807) is 0 Å². The van der Waals surface area contributed by atoms with Crippen molar-refractivity contribution in [1.82, 2.24) is 9.88 Å². The van der Waals surface area contributed by atoms with Crippen molar-refractivity contribution in [3.8, 4) is 5.88 Å². The lowest BCUT2D eigenvalue weighted by molar-refractivity contribution is 0.313. The van der Waals surface area contributed by atoms with Crippen LogP contribution in [0.4, 0.5) is 5.69 Å². The Bertz CT molecular complexity index is 1300. The van der Waals surface area contributed by atoms with Crippen LogP contribution in [0.25, 0.3) is 11.6 Å². The lowest BCUT2D eigenvalue weighted by Gasteiger charge is -2.34. The van der Waals surface area contributed by atoms with E-state index in [9.17, 15) is 9.90 Å². The van der Waals surface area contributed by atoms with E-state index in [1.807, 2.05) is 24.4 Å². The SMILES string of the molecule is CN1CCN(c2ccc(C3=CN=c4ccc(=Cc5sc(=O)[nH]c5O)cc43)cc2)CC1. The molecule has 0 spiro atoms. The fraction of sp³-hybridized carbons (Fsp3) is 0.217. The Labute approximate surface area is 177 Å². The van der Waals surface area contributed by atoms with Gasteiger partial charge in [0.1, 0.15) is 0 Å². The van der Waals surface area contributed by atoms with Crippen molar-refractivity contribution in [1.29, 1.82) is 0 Å². The number of piperazine rings is 1. The van der Waals surface area contributed by atoms with E-state index in [1.165, 1.54) is 5.69 Å². The van der Waals surface area contributed by atoms with Crippen molar-refractivity contribution in [2.45, 2.75) is 0 Å². The van der Waals surface area contributed by atoms with Gasteiger partial charge in [0.2, 0.25) is 5.88 Å². The molecule has 6 nitrogen and oxygen atoms in total. The number of aromatic hydroxyl groups is 1. The number of anilines is 1. The van der Waals surface area contributed by atoms with Gasteiger partial charge >= 0.3 is 4.87 Å². The Morgan fingerprint density at radius 3 is 2.57 bits per heavy atom. The van der Waals surface area contributed by atoms with Crippen LogP contribution >= 0.6 is 11.3 Å². The second-order valence-corrected chi connectivity index (χ2v) is 8.67. The highest BCUT2D eigenvalue weighted by Crippen LogP contribution is 2.26. The van der Waals surface area contributed by atoms with Crippen molar-refractivity contribution >= 4 is 28.7 Å². The fourth-order valence-electron chi connectivity index (χ4n) is 3.90. The number of aromatic nitrogens is 1. The smallest absolute Gasteiger partial charge is 0.307 e. The average molecular weight is 419 g/mol. The topological polar surface area (TPSA) is 71.9 Å². The molecule has 1 saturated heterocycles. The van der Waals surface area contributed by atoms with Crippen LogP contribution in [-0.4, -0.2) is 48.2 Å². The third-order valence-corrected chi connectivity index (χ3v) is 6.46. The molecular weight excluding hydrogens is 396 g/mol. The molecule has 7 heteroatoms. The summed E-state index contributed by atoms with van der Waals surface area (Å²) in [5.74, 6) is -0.0922. The van der Waals surface area contributed by atoms with Gasteiger partial charge in [0.25, 0.3) is 0 Å². The lowest BCUT2D eigenvalue weighted by atomic mass is 9.98. The third kappa shape index (κ3) is 3.58. The van der Waals surface area contributed by atoms with Gasteiger partial charge in [0.15, 0.2) is 0 Å². The highest BCUT2D eigenvalue weighted by molar-refractivity contribution is 7.10. The van der Waals surface area contributed by atoms with Crippen LogP contribution in [0.15, 0.2) is 58.5 Å². The highest BCUT2D eigenvalue weighted by atomic mass is 32.1. The van der Waals surface area contributed by atoms with Gasteiger partial charge in [0, 0.05) is 49.2 Å². The van der Waals surface area contributed by atoms with Gasteiger partial charge in [-0.1, -0.05) is 29.5 Å². The second-order valence-electron chi connectivity index (χ2n) is 7.66. The van der Waals surface area contributed by atoms with Gasteiger partial charge in [-0.2, -0.15) is 0 Å². The minimum atomic E-state index is -0.268. The number of thiazole rings is 1. The average Bonchev–Trinajstić information content (AvgIpc) is 3.31. The summed E-state index contributed by atoms with van der Waals surface area (Å²) < 4.78 is 0. The molecule has 3 heterocycles. The van der Waals surface area contributed by atoms with Crippen molar-refractivity contribution in [3.63, 3.8) is 0 Å². The Morgan fingerprint density at radius 2 is 1.87 bits per heavy atom. The predicted molar refractivity (Wildman–Crippen MR) is 121 cm³/mol. The normalized spacial score (nSPS) is 17.0. The summed E-state index contributed by atoms with van der Waals surface area (Å²) in [7, 11) is 2.16. The van der Waals surface area contributed by atoms with Crippen molar-refractivity contribution in [2.75, 3.05) is 38.1 Å². The third-order valence-electron chi connectivity index (χ3n) is 5.64. The summed E-state index contributed by atoms with van der Waals surface area (Å²) in [6.07, 6.45) is 3.72. The second kappa shape index (κ2) is 7.59. The molecule has 0 aliphatic carbocycles. The van der Waals surface area contributed by atoms with Crippen molar-refractivity contribution in [3.05, 3.63) is 84.9 Å². The highest BCUT2D eigenvalue weighted by Gasteiger charge is 2.16. The monoisotopic (exact) mass is 418 g/mol. The first kappa shape index (κ1) is 18.8. The molecule has 0 amide bonds. The quantitative estimate of drug-likeness (QED) is 0.680. The molecule has 1 fully saturated rings. The van der Waals surface area contributed by atoms with Crippen molar-refractivity contribution < 1.29 is 5.11 Å². The van der Waals surface area contributed by atoms with Crippen molar-refractivity contribution in [2.24, 2.45) is 4.99 Å². The number of fused-ring (bicyclic) bond motifs is 1. The molecule has 0 atom stereocenters. The number of aromatic amines is 1. The molecule has 5 rings (SSSR count). The van der Waals surface area contributed by atoms with Gasteiger partial charge in [-0.05, 0) is 48.2 Å². The van der Waals surface area contributed by atoms with Crippen LogP contribution in [0, 0.1) is 0 Å². The summed E-state index contributed by atoms with van der Waals surface area (Å²) in [4.78, 5) is 23.4. The van der Waals surface area contributed by atoms with E-state index in [-0.39, 0.29) is 10.8 Å². The molecule has 0 radical (unpaired) electrons. The summed E-state index contributed by atoms with van der Waals surface area (Å²) in [6, 6.07) is 14.6. The van der Waals surface area contributed by atoms with Crippen LogP contribution in [0.2, 0.25) is 0 Å². The molecule has 2 aliphatic rings. The standard InChI is InChI=1S/C23H22N4O2S/c1-26-8-10-27(11-9-26)17-5-3-16(4-6-17)19-14-24-20-7-2-15(12-18(19)20)13-21-22(28)25-23(29)30-21/h2-7,12-14,28H,8-11H2,1H3,(H,25,29). The van der Waals surface area contributed by atoms with Crippen LogP contribution in [0.1, 0.15) is 16.0 Å². The molecule has 2 aliphatic heterocycles. The molecule has 0 bridgehead atoms. The Balaban J connectivity index is 1.43. The fourth-order valence-corrected chi connectivity index (χ4v) is 4.59. The molecule has 1 aromatic heterocycles. The number of rotatable bonds is 3. The zero-order valence-corrected chi connectivity index (χ0v) is 17.4. The van der Waals surface area contributed by atoms with Crippen LogP contribution in [0.5, 0.6) is 5.88 Å². The molecule has 0 unspecified atom stereocenters. The van der Waals surface area contributed by atoms with Crippen LogP contribution in [-0.2, 0) is 0 Å². The molecule has 0 saturated carbocycles.